The van der Waals surface area contributed by atoms with E-state index in [0.717, 1.165) is 23.4 Å². The molecular weight excluding hydrogens is 393 g/mol. The van der Waals surface area contributed by atoms with Gasteiger partial charge in [-0.1, -0.05) is 29.8 Å². The first-order valence-corrected chi connectivity index (χ1v) is 9.16. The Morgan fingerprint density at radius 1 is 1.07 bits per heavy atom. The molecule has 4 aromatic rings. The van der Waals surface area contributed by atoms with Crippen LogP contribution < -0.4 is 5.32 Å². The lowest BCUT2D eigenvalue weighted by atomic mass is 10.1. The van der Waals surface area contributed by atoms with Crippen molar-refractivity contribution in [2.75, 3.05) is 0 Å². The minimum Gasteiger partial charge on any atom is -0.348 e. The van der Waals surface area contributed by atoms with E-state index >= 15 is 0 Å². The topological polar surface area (TPSA) is 59.8 Å². The minimum absolute atomic E-state index is 0.0365. The van der Waals surface area contributed by atoms with Crippen LogP contribution in [0.4, 0.5) is 13.2 Å². The van der Waals surface area contributed by atoms with Gasteiger partial charge in [0.05, 0.1) is 34.7 Å². The number of hydrogen-bond acceptors (Lipinski definition) is 3. The van der Waals surface area contributed by atoms with Crippen LogP contribution in [0.3, 0.4) is 0 Å². The third-order valence-electron chi connectivity index (χ3n) is 4.73. The molecule has 0 aliphatic carbocycles. The molecule has 2 aromatic heterocycles. The Kier molecular flexibility index (Phi) is 4.99. The molecule has 0 radical (unpaired) electrons. The number of benzene rings is 2. The second-order valence-electron chi connectivity index (χ2n) is 6.89. The fraction of sp³-hybridized carbons (Fsp3) is 0.136. The van der Waals surface area contributed by atoms with Gasteiger partial charge in [0.25, 0.3) is 5.91 Å². The van der Waals surface area contributed by atoms with E-state index < -0.39 is 17.6 Å². The first kappa shape index (κ1) is 19.6. The van der Waals surface area contributed by atoms with Crippen molar-refractivity contribution in [1.29, 1.82) is 0 Å². The monoisotopic (exact) mass is 410 g/mol. The molecule has 0 aliphatic rings. The lowest BCUT2D eigenvalue weighted by Gasteiger charge is -2.10. The van der Waals surface area contributed by atoms with Crippen LogP contribution in [0.1, 0.15) is 27.0 Å². The number of halogens is 3. The molecule has 152 valence electrons. The fourth-order valence-electron chi connectivity index (χ4n) is 3.15. The standard InChI is InChI=1S/C22H17F3N4O/c1-14-5-7-17(8-6-14)29-20-13-26-11-19(18(20)12-28-29)21(30)27-10-15-3-2-4-16(9-15)22(23,24)25/h2-9,11-13H,10H2,1H3,(H,27,30). The Morgan fingerprint density at radius 2 is 1.83 bits per heavy atom. The summed E-state index contributed by atoms with van der Waals surface area (Å²) in [6.45, 7) is 1.95. The number of nitrogens with zero attached hydrogens (tertiary/aromatic N) is 3. The number of alkyl halides is 3. The molecule has 0 aliphatic heterocycles. The number of carbonyl (C=O) groups is 1. The van der Waals surface area contributed by atoms with Crippen molar-refractivity contribution >= 4 is 16.8 Å². The maximum absolute atomic E-state index is 12.9. The third-order valence-corrected chi connectivity index (χ3v) is 4.73. The molecule has 4 rings (SSSR count). The Balaban J connectivity index is 1.58. The summed E-state index contributed by atoms with van der Waals surface area (Å²) in [6.07, 6.45) is 0.187. The summed E-state index contributed by atoms with van der Waals surface area (Å²) in [5.41, 5.74) is 2.51. The lowest BCUT2D eigenvalue weighted by Crippen LogP contribution is -2.23. The Bertz CT molecular complexity index is 1210. The molecule has 2 heterocycles. The summed E-state index contributed by atoms with van der Waals surface area (Å²) in [5, 5.41) is 7.63. The van der Waals surface area contributed by atoms with Crippen LogP contribution in [0.2, 0.25) is 0 Å². The van der Waals surface area contributed by atoms with E-state index in [1.54, 1.807) is 17.1 Å². The lowest BCUT2D eigenvalue weighted by molar-refractivity contribution is -0.137. The van der Waals surface area contributed by atoms with Crippen LogP contribution in [0.15, 0.2) is 67.1 Å². The van der Waals surface area contributed by atoms with Crippen molar-refractivity contribution in [3.05, 3.63) is 89.4 Å². The van der Waals surface area contributed by atoms with Crippen LogP contribution in [0.25, 0.3) is 16.6 Å². The molecule has 5 nitrogen and oxygen atoms in total. The summed E-state index contributed by atoms with van der Waals surface area (Å²) in [6, 6.07) is 12.6. The second kappa shape index (κ2) is 7.62. The van der Waals surface area contributed by atoms with Crippen molar-refractivity contribution in [1.82, 2.24) is 20.1 Å². The maximum atomic E-state index is 12.9. The van der Waals surface area contributed by atoms with Gasteiger partial charge in [0.2, 0.25) is 0 Å². The number of pyridine rings is 1. The average Bonchev–Trinajstić information content (AvgIpc) is 3.16. The van der Waals surface area contributed by atoms with Crippen molar-refractivity contribution in [3.8, 4) is 5.69 Å². The first-order chi connectivity index (χ1) is 14.3. The number of hydrogen-bond donors (Lipinski definition) is 1. The van der Waals surface area contributed by atoms with Gasteiger partial charge >= 0.3 is 6.18 Å². The normalized spacial score (nSPS) is 11.6. The maximum Gasteiger partial charge on any atom is 0.416 e. The number of fused-ring (bicyclic) bond motifs is 1. The smallest absolute Gasteiger partial charge is 0.348 e. The van der Waals surface area contributed by atoms with Gasteiger partial charge in [-0.15, -0.1) is 0 Å². The zero-order valence-electron chi connectivity index (χ0n) is 15.9. The predicted molar refractivity (Wildman–Crippen MR) is 106 cm³/mol. The molecule has 30 heavy (non-hydrogen) atoms. The second-order valence-corrected chi connectivity index (χ2v) is 6.89. The Hall–Kier alpha value is -3.68. The zero-order valence-corrected chi connectivity index (χ0v) is 15.9. The van der Waals surface area contributed by atoms with Gasteiger partial charge in [0.15, 0.2) is 0 Å². The van der Waals surface area contributed by atoms with E-state index in [2.05, 4.69) is 15.4 Å². The Morgan fingerprint density at radius 3 is 2.57 bits per heavy atom. The highest BCUT2D eigenvalue weighted by Gasteiger charge is 2.30. The van der Waals surface area contributed by atoms with Crippen LogP contribution in [0, 0.1) is 6.92 Å². The predicted octanol–water partition coefficient (Wildman–Crippen LogP) is 4.68. The number of aryl methyl sites for hydroxylation is 1. The number of rotatable bonds is 4. The van der Waals surface area contributed by atoms with Crippen LogP contribution in [0.5, 0.6) is 0 Å². The molecule has 0 atom stereocenters. The van der Waals surface area contributed by atoms with E-state index in [4.69, 9.17) is 0 Å². The molecule has 0 spiro atoms. The number of carbonyl (C=O) groups excluding carboxylic acids is 1. The van der Waals surface area contributed by atoms with Gasteiger partial charge in [-0.2, -0.15) is 18.3 Å². The molecule has 2 aromatic carbocycles. The van der Waals surface area contributed by atoms with Gasteiger partial charge in [-0.25, -0.2) is 4.68 Å². The average molecular weight is 410 g/mol. The highest BCUT2D eigenvalue weighted by atomic mass is 19.4. The van der Waals surface area contributed by atoms with Crippen LogP contribution in [-0.4, -0.2) is 20.7 Å². The molecule has 0 fully saturated rings. The molecule has 1 N–H and O–H groups in total. The van der Waals surface area contributed by atoms with Crippen molar-refractivity contribution in [2.24, 2.45) is 0 Å². The van der Waals surface area contributed by atoms with Gasteiger partial charge in [-0.05, 0) is 36.8 Å². The summed E-state index contributed by atoms with van der Waals surface area (Å²) in [7, 11) is 0. The summed E-state index contributed by atoms with van der Waals surface area (Å²) in [4.78, 5) is 16.8. The summed E-state index contributed by atoms with van der Waals surface area (Å²) in [5.74, 6) is -0.436. The molecule has 0 saturated heterocycles. The molecule has 0 saturated carbocycles. The van der Waals surface area contributed by atoms with Gasteiger partial charge in [0.1, 0.15) is 0 Å². The van der Waals surface area contributed by atoms with Gasteiger partial charge in [0, 0.05) is 18.1 Å². The van der Waals surface area contributed by atoms with E-state index in [9.17, 15) is 18.0 Å². The van der Waals surface area contributed by atoms with Gasteiger partial charge < -0.3 is 5.32 Å². The first-order valence-electron chi connectivity index (χ1n) is 9.16. The van der Waals surface area contributed by atoms with E-state index in [1.807, 2.05) is 31.2 Å². The van der Waals surface area contributed by atoms with Crippen LogP contribution >= 0.6 is 0 Å². The largest absolute Gasteiger partial charge is 0.416 e. The highest BCUT2D eigenvalue weighted by molar-refractivity contribution is 6.05. The van der Waals surface area contributed by atoms with E-state index in [0.29, 0.717) is 22.0 Å². The quantitative estimate of drug-likeness (QED) is 0.532. The highest BCUT2D eigenvalue weighted by Crippen LogP contribution is 2.29. The number of amides is 1. The van der Waals surface area contributed by atoms with Crippen molar-refractivity contribution < 1.29 is 18.0 Å². The van der Waals surface area contributed by atoms with E-state index in [-0.39, 0.29) is 6.54 Å². The van der Waals surface area contributed by atoms with Gasteiger partial charge in [-0.3, -0.25) is 9.78 Å². The Labute approximate surface area is 170 Å². The summed E-state index contributed by atoms with van der Waals surface area (Å²) >= 11 is 0. The third kappa shape index (κ3) is 3.89. The number of nitrogens with one attached hydrogen (secondary N) is 1. The SMILES string of the molecule is Cc1ccc(-n2ncc3c(C(=O)NCc4cccc(C(F)(F)F)c4)cncc32)cc1. The summed E-state index contributed by atoms with van der Waals surface area (Å²) < 4.78 is 40.3. The van der Waals surface area contributed by atoms with Crippen LogP contribution in [-0.2, 0) is 12.7 Å². The van der Waals surface area contributed by atoms with E-state index in [1.165, 1.54) is 18.3 Å². The molecule has 1 amide bonds. The molecule has 8 heteroatoms. The zero-order chi connectivity index (χ0) is 21.3. The fourth-order valence-corrected chi connectivity index (χ4v) is 3.15. The number of aromatic nitrogens is 3. The molecular formula is C22H17F3N4O. The van der Waals surface area contributed by atoms with Crippen molar-refractivity contribution in [2.45, 2.75) is 19.6 Å². The van der Waals surface area contributed by atoms with Crippen molar-refractivity contribution in [3.63, 3.8) is 0 Å². The molecule has 0 bridgehead atoms. The molecule has 0 unspecified atom stereocenters. The minimum atomic E-state index is -4.43.